The Morgan fingerprint density at radius 3 is 2.60 bits per heavy atom. The van der Waals surface area contributed by atoms with E-state index in [9.17, 15) is 9.00 Å². The Kier molecular flexibility index (Phi) is 8.61. The molecule has 0 radical (unpaired) electrons. The summed E-state index contributed by atoms with van der Waals surface area (Å²) >= 11 is 0. The van der Waals surface area contributed by atoms with Crippen molar-refractivity contribution < 1.29 is 14.1 Å². The molecule has 0 heterocycles. The SMILES string of the molecule is CCCCN(C)C(=O)CS(=O)CCCO. The quantitative estimate of drug-likeness (QED) is 0.661. The Morgan fingerprint density at radius 1 is 1.40 bits per heavy atom. The van der Waals surface area contributed by atoms with Crippen LogP contribution in [0.3, 0.4) is 0 Å². The topological polar surface area (TPSA) is 57.6 Å². The van der Waals surface area contributed by atoms with Gasteiger partial charge in [-0.1, -0.05) is 13.3 Å². The highest BCUT2D eigenvalue weighted by Gasteiger charge is 2.11. The van der Waals surface area contributed by atoms with E-state index in [4.69, 9.17) is 5.11 Å². The molecule has 4 nitrogen and oxygen atoms in total. The van der Waals surface area contributed by atoms with Crippen LogP contribution in [0.15, 0.2) is 0 Å². The van der Waals surface area contributed by atoms with Gasteiger partial charge in [-0.15, -0.1) is 0 Å². The molecule has 0 spiro atoms. The maximum atomic E-state index is 11.5. The van der Waals surface area contributed by atoms with Gasteiger partial charge in [0.2, 0.25) is 5.91 Å². The largest absolute Gasteiger partial charge is 0.396 e. The highest BCUT2D eigenvalue weighted by Crippen LogP contribution is 1.95. The molecular formula is C10H21NO3S. The van der Waals surface area contributed by atoms with Crippen molar-refractivity contribution in [1.82, 2.24) is 4.90 Å². The minimum absolute atomic E-state index is 0.0333. The summed E-state index contributed by atoms with van der Waals surface area (Å²) in [6, 6.07) is 0. The van der Waals surface area contributed by atoms with Crippen molar-refractivity contribution in [3.8, 4) is 0 Å². The smallest absolute Gasteiger partial charge is 0.234 e. The summed E-state index contributed by atoms with van der Waals surface area (Å²) in [5.74, 6) is 0.420. The number of unbranched alkanes of at least 4 members (excludes halogenated alkanes) is 1. The molecule has 0 aliphatic heterocycles. The fraction of sp³-hybridized carbons (Fsp3) is 0.900. The van der Waals surface area contributed by atoms with Gasteiger partial charge in [-0.25, -0.2) is 0 Å². The fourth-order valence-corrected chi connectivity index (χ4v) is 2.16. The van der Waals surface area contributed by atoms with Crippen LogP contribution in [0.2, 0.25) is 0 Å². The Bertz CT molecular complexity index is 209. The third-order valence-electron chi connectivity index (χ3n) is 2.09. The van der Waals surface area contributed by atoms with E-state index in [-0.39, 0.29) is 18.3 Å². The van der Waals surface area contributed by atoms with E-state index < -0.39 is 10.8 Å². The molecule has 1 N–H and O–H groups in total. The third kappa shape index (κ3) is 7.50. The summed E-state index contributed by atoms with van der Waals surface area (Å²) < 4.78 is 11.3. The van der Waals surface area contributed by atoms with Crippen molar-refractivity contribution in [2.75, 3.05) is 31.7 Å². The summed E-state index contributed by atoms with van der Waals surface area (Å²) in [5, 5.41) is 8.54. The molecule has 0 rings (SSSR count). The van der Waals surface area contributed by atoms with E-state index in [0.717, 1.165) is 19.4 Å². The monoisotopic (exact) mass is 235 g/mol. The lowest BCUT2D eigenvalue weighted by atomic mass is 10.3. The van der Waals surface area contributed by atoms with Gasteiger partial charge in [0, 0.05) is 36.8 Å². The Morgan fingerprint density at radius 2 is 2.07 bits per heavy atom. The fourth-order valence-electron chi connectivity index (χ4n) is 1.07. The number of rotatable bonds is 8. The van der Waals surface area contributed by atoms with Gasteiger partial charge in [-0.05, 0) is 12.8 Å². The number of hydrogen-bond donors (Lipinski definition) is 1. The molecule has 0 bridgehead atoms. The lowest BCUT2D eigenvalue weighted by molar-refractivity contribution is -0.127. The zero-order valence-electron chi connectivity index (χ0n) is 9.57. The van der Waals surface area contributed by atoms with Gasteiger partial charge in [-0.3, -0.25) is 9.00 Å². The van der Waals surface area contributed by atoms with Crippen molar-refractivity contribution in [2.24, 2.45) is 0 Å². The molecule has 5 heteroatoms. The van der Waals surface area contributed by atoms with Crippen LogP contribution in [0, 0.1) is 0 Å². The van der Waals surface area contributed by atoms with E-state index in [1.54, 1.807) is 11.9 Å². The minimum atomic E-state index is -1.13. The number of amides is 1. The number of hydrogen-bond acceptors (Lipinski definition) is 3. The average Bonchev–Trinajstić information content (AvgIpc) is 2.22. The standard InChI is InChI=1S/C10H21NO3S/c1-3-4-6-11(2)10(13)9-15(14)8-5-7-12/h12H,3-9H2,1-2H3. The molecule has 15 heavy (non-hydrogen) atoms. The number of carbonyl (C=O) groups excluding carboxylic acids is 1. The molecule has 1 amide bonds. The molecule has 1 unspecified atom stereocenters. The highest BCUT2D eigenvalue weighted by molar-refractivity contribution is 7.85. The second-order valence-corrected chi connectivity index (χ2v) is 5.11. The van der Waals surface area contributed by atoms with Gasteiger partial charge in [-0.2, -0.15) is 0 Å². The Balaban J connectivity index is 3.75. The molecule has 90 valence electrons. The maximum absolute atomic E-state index is 11.5. The lowest BCUT2D eigenvalue weighted by Crippen LogP contribution is -2.32. The van der Waals surface area contributed by atoms with Crippen LogP contribution in [0.5, 0.6) is 0 Å². The Hall–Kier alpha value is -0.420. The molecule has 0 aliphatic rings. The van der Waals surface area contributed by atoms with Gasteiger partial charge in [0.25, 0.3) is 0 Å². The first-order valence-corrected chi connectivity index (χ1v) is 6.80. The first-order chi connectivity index (χ1) is 7.11. The summed E-state index contributed by atoms with van der Waals surface area (Å²) in [4.78, 5) is 13.1. The van der Waals surface area contributed by atoms with Crippen molar-refractivity contribution in [1.29, 1.82) is 0 Å². The van der Waals surface area contributed by atoms with Crippen LogP contribution in [-0.2, 0) is 15.6 Å². The van der Waals surface area contributed by atoms with E-state index in [1.807, 2.05) is 0 Å². The molecule has 0 aromatic carbocycles. The van der Waals surface area contributed by atoms with Crippen LogP contribution in [0.1, 0.15) is 26.2 Å². The summed E-state index contributed by atoms with van der Waals surface area (Å²) in [5.41, 5.74) is 0. The number of nitrogens with zero attached hydrogens (tertiary/aromatic N) is 1. The molecule has 0 saturated carbocycles. The third-order valence-corrected chi connectivity index (χ3v) is 3.40. The molecular weight excluding hydrogens is 214 g/mol. The van der Waals surface area contributed by atoms with Crippen molar-refractivity contribution in [2.45, 2.75) is 26.2 Å². The molecule has 0 fully saturated rings. The van der Waals surface area contributed by atoms with Crippen LogP contribution < -0.4 is 0 Å². The number of aliphatic hydroxyl groups excluding tert-OH is 1. The predicted molar refractivity (Wildman–Crippen MR) is 62.1 cm³/mol. The molecule has 0 aliphatic carbocycles. The summed E-state index contributed by atoms with van der Waals surface area (Å²) in [7, 11) is 0.610. The second kappa shape index (κ2) is 8.85. The molecule has 1 atom stereocenters. The highest BCUT2D eigenvalue weighted by atomic mass is 32.2. The van der Waals surface area contributed by atoms with Gasteiger partial charge in [0.05, 0.1) is 0 Å². The normalized spacial score (nSPS) is 12.5. The van der Waals surface area contributed by atoms with Crippen LogP contribution in [-0.4, -0.2) is 51.8 Å². The van der Waals surface area contributed by atoms with Gasteiger partial charge in [0.15, 0.2) is 0 Å². The first-order valence-electron chi connectivity index (χ1n) is 5.31. The molecule has 0 aromatic heterocycles. The van der Waals surface area contributed by atoms with Crippen LogP contribution in [0.4, 0.5) is 0 Å². The zero-order valence-corrected chi connectivity index (χ0v) is 10.4. The van der Waals surface area contributed by atoms with Crippen molar-refractivity contribution in [3.05, 3.63) is 0 Å². The second-order valence-electron chi connectivity index (χ2n) is 3.53. The van der Waals surface area contributed by atoms with Gasteiger partial charge < -0.3 is 10.0 Å². The summed E-state index contributed by atoms with van der Waals surface area (Å²) in [6.45, 7) is 2.83. The average molecular weight is 235 g/mol. The van der Waals surface area contributed by atoms with E-state index in [2.05, 4.69) is 6.92 Å². The van der Waals surface area contributed by atoms with Crippen molar-refractivity contribution in [3.63, 3.8) is 0 Å². The maximum Gasteiger partial charge on any atom is 0.234 e. The van der Waals surface area contributed by atoms with E-state index in [0.29, 0.717) is 12.2 Å². The van der Waals surface area contributed by atoms with E-state index >= 15 is 0 Å². The van der Waals surface area contributed by atoms with Gasteiger partial charge >= 0.3 is 0 Å². The minimum Gasteiger partial charge on any atom is -0.396 e. The van der Waals surface area contributed by atoms with E-state index in [1.165, 1.54) is 0 Å². The number of aliphatic hydroxyl groups is 1. The summed E-state index contributed by atoms with van der Waals surface area (Å²) in [6.07, 6.45) is 2.52. The van der Waals surface area contributed by atoms with Crippen LogP contribution >= 0.6 is 0 Å². The Labute approximate surface area is 94.1 Å². The van der Waals surface area contributed by atoms with Crippen molar-refractivity contribution >= 4 is 16.7 Å². The van der Waals surface area contributed by atoms with Crippen LogP contribution in [0.25, 0.3) is 0 Å². The molecule has 0 saturated heterocycles. The first kappa shape index (κ1) is 14.6. The number of carbonyl (C=O) groups is 1. The lowest BCUT2D eigenvalue weighted by Gasteiger charge is -2.16. The molecule has 0 aromatic rings. The van der Waals surface area contributed by atoms with Gasteiger partial charge in [0.1, 0.15) is 5.75 Å². The predicted octanol–water partition coefficient (Wildman–Crippen LogP) is 0.376. The zero-order chi connectivity index (χ0) is 11.7.